The first-order valence-electron chi connectivity index (χ1n) is 8.73. The highest BCUT2D eigenvalue weighted by molar-refractivity contribution is 5.76. The molecular formula is C22H26O2. The van der Waals surface area contributed by atoms with Gasteiger partial charge < -0.3 is 4.74 Å². The van der Waals surface area contributed by atoms with Crippen LogP contribution < -0.4 is 4.74 Å². The highest BCUT2D eigenvalue weighted by atomic mass is 16.5. The molecule has 3 rings (SSSR count). The molecule has 0 spiro atoms. The predicted molar refractivity (Wildman–Crippen MR) is 97.6 cm³/mol. The van der Waals surface area contributed by atoms with Gasteiger partial charge in [0.25, 0.3) is 0 Å². The van der Waals surface area contributed by atoms with Gasteiger partial charge >= 0.3 is 0 Å². The van der Waals surface area contributed by atoms with Gasteiger partial charge in [-0.15, -0.1) is 0 Å². The van der Waals surface area contributed by atoms with Crippen molar-refractivity contribution in [3.8, 4) is 5.75 Å². The van der Waals surface area contributed by atoms with Gasteiger partial charge in [0, 0.05) is 16.5 Å². The third-order valence-corrected chi connectivity index (χ3v) is 5.94. The Morgan fingerprint density at radius 1 is 1.04 bits per heavy atom. The van der Waals surface area contributed by atoms with E-state index in [1.807, 2.05) is 36.4 Å². The van der Waals surface area contributed by atoms with Crippen molar-refractivity contribution in [2.45, 2.75) is 52.1 Å². The Morgan fingerprint density at radius 3 is 2.42 bits per heavy atom. The van der Waals surface area contributed by atoms with E-state index in [-0.39, 0.29) is 10.8 Å². The molecule has 1 saturated carbocycles. The zero-order valence-corrected chi connectivity index (χ0v) is 14.8. The predicted octanol–water partition coefficient (Wildman–Crippen LogP) is 5.55. The van der Waals surface area contributed by atoms with Crippen molar-refractivity contribution in [1.29, 1.82) is 0 Å². The molecule has 0 heterocycles. The molecule has 0 saturated heterocycles. The summed E-state index contributed by atoms with van der Waals surface area (Å²) in [4.78, 5) is 11.3. The minimum atomic E-state index is 0.0258. The van der Waals surface area contributed by atoms with E-state index in [0.29, 0.717) is 6.61 Å². The Bertz CT molecular complexity index is 718. The lowest BCUT2D eigenvalue weighted by Crippen LogP contribution is -2.34. The summed E-state index contributed by atoms with van der Waals surface area (Å²) in [6.45, 7) is 7.52. The van der Waals surface area contributed by atoms with Crippen molar-refractivity contribution in [1.82, 2.24) is 0 Å². The summed E-state index contributed by atoms with van der Waals surface area (Å²) in [7, 11) is 0. The summed E-state index contributed by atoms with van der Waals surface area (Å²) in [5.41, 5.74) is 3.27. The largest absolute Gasteiger partial charge is 0.489 e. The van der Waals surface area contributed by atoms with Gasteiger partial charge in [-0.25, -0.2) is 0 Å². The fourth-order valence-electron chi connectivity index (χ4n) is 3.91. The van der Waals surface area contributed by atoms with Crippen molar-refractivity contribution in [3.05, 3.63) is 65.2 Å². The van der Waals surface area contributed by atoms with Gasteiger partial charge in [-0.05, 0) is 42.0 Å². The molecule has 1 unspecified atom stereocenters. The third kappa shape index (κ3) is 2.98. The Hall–Kier alpha value is -2.09. The monoisotopic (exact) mass is 322 g/mol. The first-order chi connectivity index (χ1) is 11.5. The fraction of sp³-hybridized carbons (Fsp3) is 0.409. The molecule has 0 aromatic heterocycles. The fourth-order valence-corrected chi connectivity index (χ4v) is 3.91. The van der Waals surface area contributed by atoms with Gasteiger partial charge in [-0.2, -0.15) is 0 Å². The molecule has 0 N–H and O–H groups in total. The van der Waals surface area contributed by atoms with Crippen LogP contribution in [0.2, 0.25) is 0 Å². The van der Waals surface area contributed by atoms with Crippen LogP contribution in [-0.2, 0) is 12.0 Å². The highest BCUT2D eigenvalue weighted by Crippen LogP contribution is 2.55. The summed E-state index contributed by atoms with van der Waals surface area (Å²) >= 11 is 0. The van der Waals surface area contributed by atoms with E-state index in [9.17, 15) is 4.79 Å². The van der Waals surface area contributed by atoms with Gasteiger partial charge in [0.2, 0.25) is 0 Å². The summed E-state index contributed by atoms with van der Waals surface area (Å²) in [5.74, 6) is 0.905. The average molecular weight is 322 g/mol. The smallest absolute Gasteiger partial charge is 0.150 e. The molecule has 0 amide bonds. The van der Waals surface area contributed by atoms with E-state index < -0.39 is 0 Å². The van der Waals surface area contributed by atoms with E-state index in [1.165, 1.54) is 18.4 Å². The normalized spacial score (nSPS) is 22.3. The van der Waals surface area contributed by atoms with Crippen molar-refractivity contribution in [3.63, 3.8) is 0 Å². The standard InChI is InChI=1S/C22H26O2/c1-21(2)12-7-13-22(21,3)19-14-18(15-23)10-11-20(19)24-16-17-8-5-4-6-9-17/h4-6,8-11,14-15H,7,12-13,16H2,1-3H3. The molecule has 1 aliphatic rings. The Morgan fingerprint density at radius 2 is 1.79 bits per heavy atom. The Balaban J connectivity index is 1.96. The van der Waals surface area contributed by atoms with Crippen molar-refractivity contribution >= 4 is 6.29 Å². The molecule has 2 nitrogen and oxygen atoms in total. The summed E-state index contributed by atoms with van der Waals surface area (Å²) in [6.07, 6.45) is 4.47. The summed E-state index contributed by atoms with van der Waals surface area (Å²) < 4.78 is 6.18. The number of rotatable bonds is 5. The number of ether oxygens (including phenoxy) is 1. The van der Waals surface area contributed by atoms with Crippen LogP contribution in [0, 0.1) is 5.41 Å². The average Bonchev–Trinajstić information content (AvgIpc) is 2.87. The van der Waals surface area contributed by atoms with Crippen molar-refractivity contribution < 1.29 is 9.53 Å². The van der Waals surface area contributed by atoms with Crippen LogP contribution in [0.4, 0.5) is 0 Å². The first kappa shape index (κ1) is 16.8. The van der Waals surface area contributed by atoms with Crippen LogP contribution in [0.15, 0.2) is 48.5 Å². The van der Waals surface area contributed by atoms with Crippen LogP contribution in [-0.4, -0.2) is 6.29 Å². The number of aldehydes is 1. The highest BCUT2D eigenvalue weighted by Gasteiger charge is 2.47. The van der Waals surface area contributed by atoms with Crippen LogP contribution in [0.5, 0.6) is 5.75 Å². The molecule has 1 atom stereocenters. The summed E-state index contributed by atoms with van der Waals surface area (Å²) in [6, 6.07) is 16.0. The van der Waals surface area contributed by atoms with Gasteiger partial charge in [0.1, 0.15) is 18.6 Å². The van der Waals surface area contributed by atoms with E-state index in [1.54, 1.807) is 0 Å². The lowest BCUT2D eigenvalue weighted by Gasteiger charge is -2.40. The molecule has 0 radical (unpaired) electrons. The topological polar surface area (TPSA) is 26.3 Å². The number of carbonyl (C=O) groups is 1. The molecule has 1 aliphatic carbocycles. The quantitative estimate of drug-likeness (QED) is 0.675. The van der Waals surface area contributed by atoms with E-state index in [2.05, 4.69) is 32.9 Å². The number of benzene rings is 2. The molecule has 1 fully saturated rings. The number of hydrogen-bond donors (Lipinski definition) is 0. The maximum Gasteiger partial charge on any atom is 0.150 e. The van der Waals surface area contributed by atoms with Gasteiger partial charge in [-0.1, -0.05) is 57.5 Å². The van der Waals surface area contributed by atoms with Crippen LogP contribution in [0.1, 0.15) is 61.5 Å². The van der Waals surface area contributed by atoms with Gasteiger partial charge in [-0.3, -0.25) is 4.79 Å². The van der Waals surface area contributed by atoms with E-state index in [0.717, 1.165) is 29.6 Å². The first-order valence-corrected chi connectivity index (χ1v) is 8.73. The molecule has 2 aromatic rings. The molecule has 2 aromatic carbocycles. The molecule has 0 aliphatic heterocycles. The second kappa shape index (κ2) is 6.43. The van der Waals surface area contributed by atoms with E-state index in [4.69, 9.17) is 4.74 Å². The van der Waals surface area contributed by atoms with Crippen LogP contribution in [0.25, 0.3) is 0 Å². The van der Waals surface area contributed by atoms with Crippen LogP contribution in [0.3, 0.4) is 0 Å². The maximum atomic E-state index is 11.3. The second-order valence-corrected chi connectivity index (χ2v) is 7.72. The Labute approximate surface area is 144 Å². The lowest BCUT2D eigenvalue weighted by molar-refractivity contribution is 0.112. The zero-order chi connectivity index (χ0) is 17.2. The maximum absolute atomic E-state index is 11.3. The molecule has 24 heavy (non-hydrogen) atoms. The summed E-state index contributed by atoms with van der Waals surface area (Å²) in [5, 5.41) is 0. The van der Waals surface area contributed by atoms with Crippen LogP contribution >= 0.6 is 0 Å². The minimum Gasteiger partial charge on any atom is -0.489 e. The second-order valence-electron chi connectivity index (χ2n) is 7.72. The Kier molecular flexibility index (Phi) is 4.49. The molecule has 0 bridgehead atoms. The SMILES string of the molecule is CC1(C)CCCC1(C)c1cc(C=O)ccc1OCc1ccccc1. The molecular weight excluding hydrogens is 296 g/mol. The van der Waals surface area contributed by atoms with E-state index >= 15 is 0 Å². The number of hydrogen-bond acceptors (Lipinski definition) is 2. The van der Waals surface area contributed by atoms with Gasteiger partial charge in [0.05, 0.1) is 0 Å². The number of carbonyl (C=O) groups excluding carboxylic acids is 1. The molecule has 2 heteroatoms. The minimum absolute atomic E-state index is 0.0258. The lowest BCUT2D eigenvalue weighted by atomic mass is 9.65. The third-order valence-electron chi connectivity index (χ3n) is 5.94. The van der Waals surface area contributed by atoms with Crippen molar-refractivity contribution in [2.75, 3.05) is 0 Å². The zero-order valence-electron chi connectivity index (χ0n) is 14.8. The van der Waals surface area contributed by atoms with Crippen molar-refractivity contribution in [2.24, 2.45) is 5.41 Å². The molecule has 126 valence electrons. The van der Waals surface area contributed by atoms with Gasteiger partial charge in [0.15, 0.2) is 0 Å².